The van der Waals surface area contributed by atoms with Crippen molar-refractivity contribution in [2.24, 2.45) is 0 Å². The molecule has 1 saturated heterocycles. The Balaban J connectivity index is 2.23. The lowest BCUT2D eigenvalue weighted by Crippen LogP contribution is -2.34. The fourth-order valence-corrected chi connectivity index (χ4v) is 4.02. The largest absolute Gasteiger partial charge is 0.305 e. The third-order valence-corrected chi connectivity index (χ3v) is 5.72. The maximum atomic E-state index is 12.5. The SMILES string of the molecule is CN(C)C1CCN(S(=O)(=O)c2cccc(CCl)c2)C1. The molecule has 4 nitrogen and oxygen atoms in total. The van der Waals surface area contributed by atoms with Gasteiger partial charge in [0.1, 0.15) is 0 Å². The molecule has 1 heterocycles. The topological polar surface area (TPSA) is 40.6 Å². The summed E-state index contributed by atoms with van der Waals surface area (Å²) in [5.74, 6) is 0.323. The molecule has 2 rings (SSSR count). The molecule has 1 aliphatic heterocycles. The van der Waals surface area contributed by atoms with Crippen molar-refractivity contribution in [3.8, 4) is 0 Å². The first-order valence-corrected chi connectivity index (χ1v) is 8.24. The van der Waals surface area contributed by atoms with E-state index in [1.165, 1.54) is 0 Å². The molecular weight excluding hydrogens is 284 g/mol. The van der Waals surface area contributed by atoms with Gasteiger partial charge in [-0.1, -0.05) is 12.1 Å². The summed E-state index contributed by atoms with van der Waals surface area (Å²) < 4.78 is 26.6. The Bertz CT molecular complexity index is 545. The molecule has 0 spiro atoms. The standard InChI is InChI=1S/C13H19ClN2O2S/c1-15(2)12-6-7-16(10-12)19(17,18)13-5-3-4-11(8-13)9-14/h3-5,8,12H,6-7,9-10H2,1-2H3. The van der Waals surface area contributed by atoms with Gasteiger partial charge in [0, 0.05) is 25.0 Å². The van der Waals surface area contributed by atoms with Gasteiger partial charge in [-0.25, -0.2) is 8.42 Å². The number of benzene rings is 1. The summed E-state index contributed by atoms with van der Waals surface area (Å²) >= 11 is 5.76. The minimum absolute atomic E-state index is 0.297. The predicted molar refractivity (Wildman–Crippen MR) is 76.8 cm³/mol. The Labute approximate surface area is 120 Å². The second-order valence-electron chi connectivity index (χ2n) is 5.05. The molecule has 0 bridgehead atoms. The van der Waals surface area contributed by atoms with Crippen LogP contribution in [0.2, 0.25) is 0 Å². The van der Waals surface area contributed by atoms with Crippen LogP contribution in [-0.2, 0) is 15.9 Å². The second-order valence-corrected chi connectivity index (χ2v) is 7.26. The van der Waals surface area contributed by atoms with Gasteiger partial charge in [-0.2, -0.15) is 4.31 Å². The van der Waals surface area contributed by atoms with Crippen molar-refractivity contribution in [3.05, 3.63) is 29.8 Å². The smallest absolute Gasteiger partial charge is 0.243 e. The lowest BCUT2D eigenvalue weighted by Gasteiger charge is -2.20. The van der Waals surface area contributed by atoms with E-state index >= 15 is 0 Å². The highest BCUT2D eigenvalue weighted by molar-refractivity contribution is 7.89. The van der Waals surface area contributed by atoms with Crippen molar-refractivity contribution in [2.45, 2.75) is 23.2 Å². The van der Waals surface area contributed by atoms with Crippen LogP contribution in [0.5, 0.6) is 0 Å². The highest BCUT2D eigenvalue weighted by Gasteiger charge is 2.33. The molecule has 1 aromatic carbocycles. The fraction of sp³-hybridized carbons (Fsp3) is 0.538. The Hall–Kier alpha value is -0.620. The summed E-state index contributed by atoms with van der Waals surface area (Å²) in [5.41, 5.74) is 0.825. The maximum absolute atomic E-state index is 12.5. The van der Waals surface area contributed by atoms with E-state index in [4.69, 9.17) is 11.6 Å². The average Bonchev–Trinajstić information content (AvgIpc) is 2.89. The Morgan fingerprint density at radius 1 is 1.42 bits per heavy atom. The van der Waals surface area contributed by atoms with Crippen LogP contribution in [0.15, 0.2) is 29.2 Å². The van der Waals surface area contributed by atoms with Gasteiger partial charge in [-0.05, 0) is 38.2 Å². The summed E-state index contributed by atoms with van der Waals surface area (Å²) in [6, 6.07) is 7.16. The molecular formula is C13H19ClN2O2S. The minimum atomic E-state index is -3.39. The molecule has 0 radical (unpaired) electrons. The van der Waals surface area contributed by atoms with E-state index in [0.29, 0.717) is 29.9 Å². The summed E-state index contributed by atoms with van der Waals surface area (Å²) in [6.45, 7) is 1.14. The molecule has 1 fully saturated rings. The molecule has 0 amide bonds. The van der Waals surface area contributed by atoms with Gasteiger partial charge in [0.05, 0.1) is 4.90 Å². The van der Waals surface area contributed by atoms with Gasteiger partial charge < -0.3 is 4.90 Å². The van der Waals surface area contributed by atoms with Crippen molar-refractivity contribution < 1.29 is 8.42 Å². The zero-order chi connectivity index (χ0) is 14.0. The summed E-state index contributed by atoms with van der Waals surface area (Å²) in [6.07, 6.45) is 0.876. The number of hydrogen-bond donors (Lipinski definition) is 0. The number of likely N-dealkylation sites (N-methyl/N-ethyl adjacent to an activating group) is 1. The van der Waals surface area contributed by atoms with Crippen LogP contribution in [0.4, 0.5) is 0 Å². The minimum Gasteiger partial charge on any atom is -0.305 e. The van der Waals surface area contributed by atoms with E-state index in [9.17, 15) is 8.42 Å². The molecule has 1 atom stereocenters. The molecule has 1 aliphatic rings. The summed E-state index contributed by atoms with van der Waals surface area (Å²) in [4.78, 5) is 2.41. The van der Waals surface area contributed by atoms with Crippen LogP contribution in [0.3, 0.4) is 0 Å². The number of sulfonamides is 1. The Morgan fingerprint density at radius 2 is 2.16 bits per heavy atom. The maximum Gasteiger partial charge on any atom is 0.243 e. The van der Waals surface area contributed by atoms with Crippen LogP contribution >= 0.6 is 11.6 Å². The molecule has 1 unspecified atom stereocenters. The number of rotatable bonds is 4. The number of hydrogen-bond acceptors (Lipinski definition) is 3. The predicted octanol–water partition coefficient (Wildman–Crippen LogP) is 1.75. The van der Waals surface area contributed by atoms with E-state index in [0.717, 1.165) is 12.0 Å². The van der Waals surface area contributed by atoms with Crippen LogP contribution in [0.25, 0.3) is 0 Å². The van der Waals surface area contributed by atoms with Crippen molar-refractivity contribution in [2.75, 3.05) is 27.2 Å². The Kier molecular flexibility index (Phi) is 4.50. The monoisotopic (exact) mass is 302 g/mol. The first kappa shape index (κ1) is 14.8. The lowest BCUT2D eigenvalue weighted by atomic mass is 10.2. The van der Waals surface area contributed by atoms with Crippen molar-refractivity contribution >= 4 is 21.6 Å². The van der Waals surface area contributed by atoms with Crippen LogP contribution < -0.4 is 0 Å². The van der Waals surface area contributed by atoms with E-state index in [2.05, 4.69) is 4.90 Å². The highest BCUT2D eigenvalue weighted by Crippen LogP contribution is 2.23. The molecule has 19 heavy (non-hydrogen) atoms. The van der Waals surface area contributed by atoms with Gasteiger partial charge in [-0.15, -0.1) is 11.6 Å². The van der Waals surface area contributed by atoms with E-state index in [1.807, 2.05) is 20.2 Å². The van der Waals surface area contributed by atoms with Gasteiger partial charge in [-0.3, -0.25) is 0 Å². The van der Waals surface area contributed by atoms with E-state index < -0.39 is 10.0 Å². The zero-order valence-corrected chi connectivity index (χ0v) is 12.8. The second kappa shape index (κ2) is 5.79. The van der Waals surface area contributed by atoms with Gasteiger partial charge >= 0.3 is 0 Å². The van der Waals surface area contributed by atoms with Crippen LogP contribution in [0, 0.1) is 0 Å². The molecule has 6 heteroatoms. The first-order chi connectivity index (χ1) is 8.95. The number of nitrogens with zero attached hydrogens (tertiary/aromatic N) is 2. The number of alkyl halides is 1. The first-order valence-electron chi connectivity index (χ1n) is 6.26. The molecule has 0 aromatic heterocycles. The molecule has 1 aromatic rings. The van der Waals surface area contributed by atoms with Crippen LogP contribution in [0.1, 0.15) is 12.0 Å². The van der Waals surface area contributed by atoms with Gasteiger partial charge in [0.15, 0.2) is 0 Å². The van der Waals surface area contributed by atoms with Crippen molar-refractivity contribution in [1.29, 1.82) is 0 Å². The highest BCUT2D eigenvalue weighted by atomic mass is 35.5. The molecule has 106 valence electrons. The fourth-order valence-electron chi connectivity index (χ4n) is 2.29. The van der Waals surface area contributed by atoms with Crippen molar-refractivity contribution in [3.63, 3.8) is 0 Å². The molecule has 0 N–H and O–H groups in total. The van der Waals surface area contributed by atoms with Crippen LogP contribution in [-0.4, -0.2) is 50.8 Å². The molecule has 0 saturated carbocycles. The number of halogens is 1. The van der Waals surface area contributed by atoms with E-state index in [1.54, 1.807) is 22.5 Å². The van der Waals surface area contributed by atoms with Crippen molar-refractivity contribution in [1.82, 2.24) is 9.21 Å². The van der Waals surface area contributed by atoms with Gasteiger partial charge in [0.2, 0.25) is 10.0 Å². The third kappa shape index (κ3) is 3.11. The third-order valence-electron chi connectivity index (χ3n) is 3.55. The molecule has 0 aliphatic carbocycles. The quantitative estimate of drug-likeness (QED) is 0.796. The normalized spacial score (nSPS) is 21.2. The average molecular weight is 303 g/mol. The summed E-state index contributed by atoms with van der Waals surface area (Å²) in [7, 11) is 0.572. The Morgan fingerprint density at radius 3 is 2.74 bits per heavy atom. The summed E-state index contributed by atoms with van der Waals surface area (Å²) in [5, 5.41) is 0. The zero-order valence-electron chi connectivity index (χ0n) is 11.2. The van der Waals surface area contributed by atoms with E-state index in [-0.39, 0.29) is 0 Å². The van der Waals surface area contributed by atoms with Gasteiger partial charge in [0.25, 0.3) is 0 Å². The lowest BCUT2D eigenvalue weighted by molar-refractivity contribution is 0.302.